The standard InChI is InChI=1S/2C22H23.C6H10.2ClH.Zr/c2*1-2-16-10-12-18(13-11-16)21-9-5-8-19-14-20(15-22(19)21)17-6-3-4-7-17;1-2-4-6-5-3-1;;;/h2*5,8-15,17H,2-4,6-7H2,1H3;1-2H,3-6H2;2*1H;/q;;;;;+2/p-2. The van der Waals surface area contributed by atoms with Crippen molar-refractivity contribution in [3.05, 3.63) is 129 Å². The molecule has 0 aromatic heterocycles. The van der Waals surface area contributed by atoms with Crippen molar-refractivity contribution in [1.29, 1.82) is 0 Å². The van der Waals surface area contributed by atoms with Crippen LogP contribution in [0.2, 0.25) is 7.25 Å². The SMILES string of the molecule is CCc1ccc(-c2cccc3c2C=C(C2CCCC2)[CH]3[Zr+2]2([CH]3C(C4CCCC4)=Cc4c(-c5ccc(CC)cc5)cccc43)[CH]3CCCC[CH]32)cc1.[Cl-].[Cl-]. The molecular formula is C50H56Cl2Zr. The van der Waals surface area contributed by atoms with Gasteiger partial charge in [0.2, 0.25) is 0 Å². The van der Waals surface area contributed by atoms with Crippen molar-refractivity contribution in [3.8, 4) is 22.3 Å². The summed E-state index contributed by atoms with van der Waals surface area (Å²) in [5, 5.41) is 0. The van der Waals surface area contributed by atoms with Crippen LogP contribution in [0.4, 0.5) is 0 Å². The molecule has 10 rings (SSSR count). The monoisotopic (exact) mass is 816 g/mol. The normalized spacial score (nSPS) is 26.1. The van der Waals surface area contributed by atoms with Crippen molar-refractivity contribution in [3.63, 3.8) is 0 Å². The van der Waals surface area contributed by atoms with E-state index in [1.54, 1.807) is 22.3 Å². The van der Waals surface area contributed by atoms with Crippen molar-refractivity contribution in [1.82, 2.24) is 0 Å². The van der Waals surface area contributed by atoms with E-state index in [1.165, 1.54) is 110 Å². The predicted octanol–water partition coefficient (Wildman–Crippen LogP) is 8.43. The quantitative estimate of drug-likeness (QED) is 0.168. The molecular weight excluding hydrogens is 763 g/mol. The summed E-state index contributed by atoms with van der Waals surface area (Å²) in [5.41, 5.74) is 19.3. The van der Waals surface area contributed by atoms with Gasteiger partial charge >= 0.3 is 314 Å². The van der Waals surface area contributed by atoms with E-state index < -0.39 is 20.3 Å². The van der Waals surface area contributed by atoms with E-state index in [9.17, 15) is 0 Å². The minimum absolute atomic E-state index is 0. The fourth-order valence-electron chi connectivity index (χ4n) is 12.8. The van der Waals surface area contributed by atoms with Crippen LogP contribution in [-0.4, -0.2) is 0 Å². The molecule has 0 amide bonds. The molecule has 0 spiro atoms. The average Bonchev–Trinajstić information content (AvgIpc) is 3.86. The van der Waals surface area contributed by atoms with Crippen LogP contribution in [0.3, 0.4) is 0 Å². The third-order valence-electron chi connectivity index (χ3n) is 15.1. The van der Waals surface area contributed by atoms with Gasteiger partial charge in [-0.25, -0.2) is 0 Å². The smallest absolute Gasteiger partial charge is 1.00 e. The number of hydrogen-bond acceptors (Lipinski definition) is 0. The number of fused-ring (bicyclic) bond motifs is 3. The van der Waals surface area contributed by atoms with E-state index in [0.29, 0.717) is 0 Å². The Morgan fingerprint density at radius 1 is 0.472 bits per heavy atom. The molecule has 1 aliphatic heterocycles. The van der Waals surface area contributed by atoms with Crippen LogP contribution < -0.4 is 24.8 Å². The van der Waals surface area contributed by atoms with Crippen molar-refractivity contribution >= 4 is 12.2 Å². The van der Waals surface area contributed by atoms with E-state index >= 15 is 0 Å². The van der Waals surface area contributed by atoms with Crippen LogP contribution >= 0.6 is 0 Å². The maximum atomic E-state index is 2.84. The van der Waals surface area contributed by atoms with Gasteiger partial charge < -0.3 is 24.8 Å². The minimum atomic E-state index is -3.11. The molecule has 1 saturated heterocycles. The summed E-state index contributed by atoms with van der Waals surface area (Å²) in [6, 6.07) is 34.3. The average molecular weight is 819 g/mol. The van der Waals surface area contributed by atoms with Gasteiger partial charge in [-0.3, -0.25) is 0 Å². The van der Waals surface area contributed by atoms with Crippen molar-refractivity contribution < 1.29 is 45.1 Å². The van der Waals surface area contributed by atoms with Crippen LogP contribution in [0.15, 0.2) is 96.1 Å². The Kier molecular flexibility index (Phi) is 11.0. The van der Waals surface area contributed by atoms with Gasteiger partial charge in [-0.1, -0.05) is 0 Å². The maximum Gasteiger partial charge on any atom is -1.00 e. The van der Waals surface area contributed by atoms with Crippen molar-refractivity contribution in [2.75, 3.05) is 0 Å². The summed E-state index contributed by atoms with van der Waals surface area (Å²) in [6.45, 7) is 4.55. The van der Waals surface area contributed by atoms with E-state index in [-0.39, 0.29) is 24.8 Å². The molecule has 0 nitrogen and oxygen atoms in total. The largest absolute Gasteiger partial charge is 1.00 e. The third kappa shape index (κ3) is 6.09. The molecule has 4 aromatic carbocycles. The fraction of sp³-hybridized carbons (Fsp3) is 0.440. The summed E-state index contributed by atoms with van der Waals surface area (Å²) in [4.78, 5) is 0. The van der Waals surface area contributed by atoms with Gasteiger partial charge in [-0.05, 0) is 0 Å². The van der Waals surface area contributed by atoms with E-state index in [4.69, 9.17) is 0 Å². The van der Waals surface area contributed by atoms with Gasteiger partial charge in [0.25, 0.3) is 0 Å². The Hall–Kier alpha value is -2.18. The molecule has 4 atom stereocenters. The topological polar surface area (TPSA) is 0 Å². The molecule has 0 N–H and O–H groups in total. The first kappa shape index (κ1) is 37.7. The van der Waals surface area contributed by atoms with Crippen LogP contribution in [0, 0.1) is 11.8 Å². The van der Waals surface area contributed by atoms with Crippen LogP contribution in [0.5, 0.6) is 0 Å². The van der Waals surface area contributed by atoms with Crippen LogP contribution in [0.25, 0.3) is 34.4 Å². The number of benzene rings is 4. The number of halogens is 2. The predicted molar refractivity (Wildman–Crippen MR) is 214 cm³/mol. The Labute approximate surface area is 336 Å². The first-order valence-corrected chi connectivity index (χ1v) is 26.8. The first-order valence-electron chi connectivity index (χ1n) is 21.1. The molecule has 6 aliphatic rings. The van der Waals surface area contributed by atoms with Gasteiger partial charge in [0.1, 0.15) is 0 Å². The van der Waals surface area contributed by atoms with Crippen molar-refractivity contribution in [2.24, 2.45) is 11.8 Å². The number of hydrogen-bond donors (Lipinski definition) is 0. The Bertz CT molecular complexity index is 1860. The van der Waals surface area contributed by atoms with E-state index in [0.717, 1.165) is 39.2 Å². The molecule has 4 unspecified atom stereocenters. The minimum Gasteiger partial charge on any atom is -1.00 e. The summed E-state index contributed by atoms with van der Waals surface area (Å²) in [6.07, 6.45) is 25.2. The molecule has 4 fully saturated rings. The Balaban J connectivity index is 0.00000200. The molecule has 3 heteroatoms. The Morgan fingerprint density at radius 3 is 1.23 bits per heavy atom. The summed E-state index contributed by atoms with van der Waals surface area (Å²) in [7, 11) is 0. The zero-order valence-electron chi connectivity index (χ0n) is 31.9. The summed E-state index contributed by atoms with van der Waals surface area (Å²) < 4.78 is 3.56. The number of rotatable bonds is 8. The van der Waals surface area contributed by atoms with Gasteiger partial charge in [0.15, 0.2) is 0 Å². The third-order valence-corrected chi connectivity index (χ3v) is 32.0. The summed E-state index contributed by atoms with van der Waals surface area (Å²) >= 11 is -3.11. The molecule has 5 aliphatic carbocycles. The Morgan fingerprint density at radius 2 is 0.849 bits per heavy atom. The van der Waals surface area contributed by atoms with Crippen molar-refractivity contribution in [2.45, 2.75) is 118 Å². The molecule has 274 valence electrons. The molecule has 0 radical (unpaired) electrons. The molecule has 0 bridgehead atoms. The van der Waals surface area contributed by atoms with E-state index in [2.05, 4.69) is 111 Å². The first-order chi connectivity index (χ1) is 25.2. The molecule has 1 heterocycles. The zero-order chi connectivity index (χ0) is 34.1. The van der Waals surface area contributed by atoms with Crippen LogP contribution in [-0.2, 0) is 33.1 Å². The van der Waals surface area contributed by atoms with Gasteiger partial charge in [-0.15, -0.1) is 0 Å². The number of allylic oxidation sites excluding steroid dienone is 2. The second kappa shape index (κ2) is 15.4. The van der Waals surface area contributed by atoms with Gasteiger partial charge in [0.05, 0.1) is 0 Å². The molecule has 53 heavy (non-hydrogen) atoms. The summed E-state index contributed by atoms with van der Waals surface area (Å²) in [5.74, 6) is 1.58. The second-order valence-electron chi connectivity index (χ2n) is 17.3. The fourth-order valence-corrected chi connectivity index (χ4v) is 36.1. The molecule has 3 saturated carbocycles. The zero-order valence-corrected chi connectivity index (χ0v) is 35.8. The maximum absolute atomic E-state index is 3.11. The van der Waals surface area contributed by atoms with Gasteiger partial charge in [0, 0.05) is 0 Å². The van der Waals surface area contributed by atoms with Crippen LogP contribution in [0.1, 0.15) is 132 Å². The second-order valence-corrected chi connectivity index (χ2v) is 28.7. The van der Waals surface area contributed by atoms with E-state index in [1.807, 2.05) is 11.1 Å². The molecule has 4 aromatic rings. The number of aryl methyl sites for hydroxylation is 2. The van der Waals surface area contributed by atoms with Gasteiger partial charge in [-0.2, -0.15) is 0 Å².